The number of aliphatic hydroxyl groups is 1. The third kappa shape index (κ3) is 21.0. The molecule has 0 aromatic heterocycles. The Labute approximate surface area is 449 Å². The van der Waals surface area contributed by atoms with Crippen molar-refractivity contribution in [3.05, 3.63) is 71.8 Å². The van der Waals surface area contributed by atoms with Gasteiger partial charge in [-0.2, -0.15) is 0 Å². The highest BCUT2D eigenvalue weighted by atomic mass is 16.4. The summed E-state index contributed by atoms with van der Waals surface area (Å²) >= 11 is 0. The maximum atomic E-state index is 14.6. The zero-order valence-corrected chi connectivity index (χ0v) is 46.4. The zero-order valence-electron chi connectivity index (χ0n) is 46.4. The molecule has 2 aromatic rings. The molecule has 2 aromatic carbocycles. The van der Waals surface area contributed by atoms with Crippen molar-refractivity contribution in [2.24, 2.45) is 35.3 Å². The van der Waals surface area contributed by atoms with Crippen molar-refractivity contribution >= 4 is 53.2 Å². The number of carboxylic acids is 1. The lowest BCUT2D eigenvalue weighted by molar-refractivity contribution is -0.143. The predicted molar refractivity (Wildman–Crippen MR) is 288 cm³/mol. The van der Waals surface area contributed by atoms with Crippen LogP contribution in [0.15, 0.2) is 60.7 Å². The van der Waals surface area contributed by atoms with Crippen LogP contribution in [0.2, 0.25) is 0 Å². The Morgan fingerprint density at radius 1 is 0.513 bits per heavy atom. The van der Waals surface area contributed by atoms with Gasteiger partial charge < -0.3 is 58.1 Å². The minimum atomic E-state index is -1.30. The molecule has 1 aliphatic rings. The van der Waals surface area contributed by atoms with E-state index < -0.39 is 120 Å². The fourth-order valence-corrected chi connectivity index (χ4v) is 9.04. The van der Waals surface area contributed by atoms with E-state index in [-0.39, 0.29) is 75.2 Å². The first-order valence-corrected chi connectivity index (χ1v) is 26.9. The van der Waals surface area contributed by atoms with E-state index in [4.69, 9.17) is 5.73 Å². The molecule has 1 aliphatic heterocycles. The summed E-state index contributed by atoms with van der Waals surface area (Å²) in [5.41, 5.74) is 7.30. The summed E-state index contributed by atoms with van der Waals surface area (Å²) in [5.74, 6) is -7.39. The maximum Gasteiger partial charge on any atom is 0.326 e. The Morgan fingerprint density at radius 3 is 1.30 bits per heavy atom. The van der Waals surface area contributed by atoms with E-state index in [9.17, 15) is 53.4 Å². The van der Waals surface area contributed by atoms with Gasteiger partial charge in [-0.1, -0.05) is 130 Å². The molecule has 0 bridgehead atoms. The Balaban J connectivity index is 1.86. The van der Waals surface area contributed by atoms with Gasteiger partial charge in [-0.15, -0.1) is 0 Å². The number of aliphatic carboxylic acids is 1. The van der Waals surface area contributed by atoms with Gasteiger partial charge in [-0.05, 0) is 86.2 Å². The summed E-state index contributed by atoms with van der Waals surface area (Å²) in [6.45, 7) is 19.8. The number of carbonyl (C=O) groups excluding carboxylic acids is 8. The number of hydrogen-bond acceptors (Lipinski definition) is 11. The first-order valence-electron chi connectivity index (χ1n) is 26.9. The van der Waals surface area contributed by atoms with Crippen molar-refractivity contribution in [1.82, 2.24) is 42.1 Å². The molecule has 20 heteroatoms. The van der Waals surface area contributed by atoms with Crippen LogP contribution in [0.4, 0.5) is 0 Å². The molecule has 0 spiro atoms. The molecule has 76 heavy (non-hydrogen) atoms. The fraction of sp³-hybridized carbons (Fsp3) is 0.625. The molecule has 3 rings (SSSR count). The van der Waals surface area contributed by atoms with Crippen LogP contribution in [0.25, 0.3) is 0 Å². The quantitative estimate of drug-likeness (QED) is 0.0540. The number of rotatable bonds is 30. The molecule has 0 saturated carbocycles. The Kier molecular flexibility index (Phi) is 26.0. The molecule has 10 atom stereocenters. The van der Waals surface area contributed by atoms with E-state index in [1.807, 2.05) is 61.5 Å². The summed E-state index contributed by atoms with van der Waals surface area (Å²) in [6.07, 6.45) is 0.243. The third-order valence-electron chi connectivity index (χ3n) is 13.1. The Hall–Kier alpha value is -6.41. The lowest BCUT2D eigenvalue weighted by atomic mass is 9.97. The van der Waals surface area contributed by atoms with Crippen LogP contribution < -0.4 is 43.0 Å². The standard InChI is InChI=1S/C56H87N9O11/c1-31(2)25-39(48(67)59-42(29-37-19-14-12-15-20-37)51(70)63-44(56(75)76)28-34(7)8)58-49(68)41(27-33(5)6)61-54(73)47(35(9)10)64-52(71)45-23-18-24-65(45)55(74)43(30-38-21-16-13-17-22-38)62-50(69)40(26-32(3)4)60-53(72)46(57)36(11)66/h12-17,19-22,31-36,39-47,66H,18,23-30,57H2,1-11H3,(H,58,68)(H,59,67)(H,60,72)(H,61,73)(H,62,69)(H,63,70)(H,64,71)(H,75,76)/t36-,39+,40+,41+,42+,43+,44+,45+,46+,47+/m1/s1. The lowest BCUT2D eigenvalue weighted by Gasteiger charge is -2.32. The average molecular weight is 1060 g/mol. The number of benzene rings is 2. The molecule has 8 amide bonds. The van der Waals surface area contributed by atoms with Crippen molar-refractivity contribution in [1.29, 1.82) is 0 Å². The SMILES string of the molecule is CC(C)C[C@H](NC(=O)[C@H](Cc1ccccc1)NC(=O)[C@H](CC(C)C)NC(=O)[C@H](CC(C)C)NC(=O)[C@@H](NC(=O)[C@@H]1CCCN1C(=O)[C@H](Cc1ccccc1)NC(=O)[C@H](CC(C)C)NC(=O)[C@@H](N)[C@@H](C)O)C(C)C)C(=O)O. The van der Waals surface area contributed by atoms with Gasteiger partial charge in [-0.3, -0.25) is 38.4 Å². The van der Waals surface area contributed by atoms with Crippen LogP contribution in [0.1, 0.15) is 126 Å². The number of nitrogens with two attached hydrogens (primary N) is 1. The second-order valence-corrected chi connectivity index (χ2v) is 22.3. The van der Waals surface area contributed by atoms with E-state index in [0.717, 1.165) is 5.56 Å². The lowest BCUT2D eigenvalue weighted by Crippen LogP contribution is -2.61. The summed E-state index contributed by atoms with van der Waals surface area (Å²) < 4.78 is 0. The fourth-order valence-electron chi connectivity index (χ4n) is 9.04. The molecule has 1 fully saturated rings. The smallest absolute Gasteiger partial charge is 0.326 e. The van der Waals surface area contributed by atoms with E-state index >= 15 is 0 Å². The van der Waals surface area contributed by atoms with Gasteiger partial charge in [0.2, 0.25) is 47.3 Å². The van der Waals surface area contributed by atoms with Crippen molar-refractivity contribution in [2.75, 3.05) is 6.54 Å². The van der Waals surface area contributed by atoms with Crippen LogP contribution in [0.5, 0.6) is 0 Å². The highest BCUT2D eigenvalue weighted by molar-refractivity contribution is 5.98. The summed E-state index contributed by atoms with van der Waals surface area (Å²) in [7, 11) is 0. The minimum Gasteiger partial charge on any atom is -0.480 e. The molecule has 1 heterocycles. The molecule has 11 N–H and O–H groups in total. The first-order chi connectivity index (χ1) is 35.7. The zero-order chi connectivity index (χ0) is 57.0. The van der Waals surface area contributed by atoms with Crippen LogP contribution in [-0.2, 0) is 56.0 Å². The molecule has 1 saturated heterocycles. The number of nitrogens with one attached hydrogen (secondary N) is 7. The van der Waals surface area contributed by atoms with E-state index in [0.29, 0.717) is 12.0 Å². The van der Waals surface area contributed by atoms with Crippen molar-refractivity contribution in [2.45, 2.75) is 188 Å². The van der Waals surface area contributed by atoms with E-state index in [1.165, 1.54) is 11.8 Å². The minimum absolute atomic E-state index is 0.0304. The second-order valence-electron chi connectivity index (χ2n) is 22.3. The largest absolute Gasteiger partial charge is 0.480 e. The first kappa shape index (κ1) is 63.9. The highest BCUT2D eigenvalue weighted by Crippen LogP contribution is 2.22. The molecule has 422 valence electrons. The van der Waals surface area contributed by atoms with Gasteiger partial charge in [0.25, 0.3) is 0 Å². The molecule has 0 aliphatic carbocycles. The normalized spacial score (nSPS) is 17.1. The van der Waals surface area contributed by atoms with Crippen LogP contribution >= 0.6 is 0 Å². The number of carbonyl (C=O) groups is 9. The molecule has 0 unspecified atom stereocenters. The summed E-state index contributed by atoms with van der Waals surface area (Å²) in [6, 6.07) is 7.33. The van der Waals surface area contributed by atoms with E-state index in [1.54, 1.807) is 68.4 Å². The molecular formula is C56H87N9O11. The van der Waals surface area contributed by atoms with Gasteiger partial charge in [0.05, 0.1) is 6.10 Å². The van der Waals surface area contributed by atoms with Crippen molar-refractivity contribution in [3.8, 4) is 0 Å². The highest BCUT2D eigenvalue weighted by Gasteiger charge is 2.41. The molecule has 0 radical (unpaired) electrons. The van der Waals surface area contributed by atoms with Gasteiger partial charge in [0.1, 0.15) is 54.4 Å². The third-order valence-corrected chi connectivity index (χ3v) is 13.1. The molecular weight excluding hydrogens is 975 g/mol. The Bertz CT molecular complexity index is 2240. The van der Waals surface area contributed by atoms with Crippen LogP contribution in [-0.4, -0.2) is 135 Å². The second kappa shape index (κ2) is 31.0. The number of amides is 8. The maximum absolute atomic E-state index is 14.6. The van der Waals surface area contributed by atoms with Gasteiger partial charge >= 0.3 is 5.97 Å². The van der Waals surface area contributed by atoms with Crippen LogP contribution in [0, 0.1) is 29.6 Å². The average Bonchev–Trinajstić information content (AvgIpc) is 3.84. The topological polar surface area (TPSA) is 308 Å². The van der Waals surface area contributed by atoms with Gasteiger partial charge in [-0.25, -0.2) is 4.79 Å². The van der Waals surface area contributed by atoms with Crippen molar-refractivity contribution in [3.63, 3.8) is 0 Å². The Morgan fingerprint density at radius 2 is 0.882 bits per heavy atom. The van der Waals surface area contributed by atoms with Gasteiger partial charge in [0.15, 0.2) is 0 Å². The number of aliphatic hydroxyl groups excluding tert-OH is 1. The predicted octanol–water partition coefficient (Wildman–Crippen LogP) is 2.49. The summed E-state index contributed by atoms with van der Waals surface area (Å²) in [5, 5.41) is 39.1. The number of nitrogens with zero attached hydrogens (tertiary/aromatic N) is 1. The number of likely N-dealkylation sites (tertiary alicyclic amines) is 1. The number of hydrogen-bond donors (Lipinski definition) is 10. The monoisotopic (exact) mass is 1060 g/mol. The van der Waals surface area contributed by atoms with Crippen LogP contribution in [0.3, 0.4) is 0 Å². The number of carboxylic acid groups (broad SMARTS) is 1. The molecule has 20 nitrogen and oxygen atoms in total. The summed E-state index contributed by atoms with van der Waals surface area (Å²) in [4.78, 5) is 126. The van der Waals surface area contributed by atoms with E-state index in [2.05, 4.69) is 37.2 Å². The van der Waals surface area contributed by atoms with Gasteiger partial charge in [0, 0.05) is 19.4 Å². The van der Waals surface area contributed by atoms with Crippen molar-refractivity contribution < 1.29 is 53.4 Å².